The molecule has 124 valence electrons. The lowest BCUT2D eigenvalue weighted by Crippen LogP contribution is -1.91. The fourth-order valence-corrected chi connectivity index (χ4v) is 2.29. The molecule has 0 spiro atoms. The van der Waals surface area contributed by atoms with Crippen LogP contribution in [0.3, 0.4) is 0 Å². The molecule has 0 radical (unpaired) electrons. The Hall–Kier alpha value is -2.87. The molecule has 3 rings (SSSR count). The number of nitro groups is 1. The molecule has 3 aromatic rings. The molecule has 7 nitrogen and oxygen atoms in total. The van der Waals surface area contributed by atoms with Crippen LogP contribution in [0.2, 0.25) is 0 Å². The number of hydrogen-bond donors (Lipinski definition) is 2. The van der Waals surface area contributed by atoms with Gasteiger partial charge >= 0.3 is 5.69 Å². The highest BCUT2D eigenvalue weighted by atomic mass is 79.9. The second-order valence-corrected chi connectivity index (χ2v) is 4.90. The molecule has 0 atom stereocenters. The standard InChI is InChI=1S/C16H12N2O5.BrH/c1-9-17-14(16(23-9)10-5-3-2-4-6-10)11-7-12(18(21)22)15(20)13(19)8-11;/h2-8,19-20H,1H3;1H. The van der Waals surface area contributed by atoms with Gasteiger partial charge < -0.3 is 14.6 Å². The fraction of sp³-hybridized carbons (Fsp3) is 0.0625. The number of nitro benzene ring substituents is 1. The summed E-state index contributed by atoms with van der Waals surface area (Å²) in [6, 6.07) is 11.5. The van der Waals surface area contributed by atoms with Crippen molar-refractivity contribution in [2.24, 2.45) is 0 Å². The van der Waals surface area contributed by atoms with Crippen LogP contribution in [-0.2, 0) is 0 Å². The van der Waals surface area contributed by atoms with Crippen LogP contribution in [0.4, 0.5) is 5.69 Å². The first-order valence-electron chi connectivity index (χ1n) is 6.71. The van der Waals surface area contributed by atoms with Gasteiger partial charge in [-0.2, -0.15) is 0 Å². The van der Waals surface area contributed by atoms with Gasteiger partial charge in [-0.05, 0) is 6.07 Å². The molecule has 0 saturated heterocycles. The zero-order valence-electron chi connectivity index (χ0n) is 12.5. The van der Waals surface area contributed by atoms with E-state index in [1.54, 1.807) is 6.92 Å². The van der Waals surface area contributed by atoms with Gasteiger partial charge in [0, 0.05) is 24.1 Å². The van der Waals surface area contributed by atoms with Gasteiger partial charge in [0.2, 0.25) is 5.75 Å². The monoisotopic (exact) mass is 392 g/mol. The minimum atomic E-state index is -0.778. The number of oxazole rings is 1. The summed E-state index contributed by atoms with van der Waals surface area (Å²) in [6.45, 7) is 1.66. The van der Waals surface area contributed by atoms with Crippen molar-refractivity contribution in [1.29, 1.82) is 0 Å². The number of phenolic OH excluding ortho intramolecular Hbond substituents is 2. The number of aromatic nitrogens is 1. The Morgan fingerprint density at radius 2 is 1.79 bits per heavy atom. The summed E-state index contributed by atoms with van der Waals surface area (Å²) < 4.78 is 5.60. The molecule has 1 heterocycles. The van der Waals surface area contributed by atoms with E-state index in [-0.39, 0.29) is 22.5 Å². The number of nitrogens with zero attached hydrogens (tertiary/aromatic N) is 2. The number of hydrogen-bond acceptors (Lipinski definition) is 6. The van der Waals surface area contributed by atoms with Gasteiger partial charge in [0.15, 0.2) is 17.4 Å². The Morgan fingerprint density at radius 1 is 1.12 bits per heavy atom. The van der Waals surface area contributed by atoms with Gasteiger partial charge in [0.25, 0.3) is 0 Å². The number of halogens is 1. The Morgan fingerprint density at radius 3 is 2.42 bits per heavy atom. The predicted molar refractivity (Wildman–Crippen MR) is 92.4 cm³/mol. The maximum atomic E-state index is 11.0. The van der Waals surface area contributed by atoms with Gasteiger partial charge in [-0.15, -0.1) is 17.0 Å². The maximum Gasteiger partial charge on any atom is 0.315 e. The van der Waals surface area contributed by atoms with Gasteiger partial charge in [-0.3, -0.25) is 10.1 Å². The predicted octanol–water partition coefficient (Wildman–Crippen LogP) is 4.21. The molecule has 0 amide bonds. The van der Waals surface area contributed by atoms with Crippen LogP contribution in [0.1, 0.15) is 5.89 Å². The van der Waals surface area contributed by atoms with Crippen molar-refractivity contribution in [2.45, 2.75) is 6.92 Å². The molecular weight excluding hydrogens is 380 g/mol. The van der Waals surface area contributed by atoms with E-state index in [2.05, 4.69) is 4.98 Å². The highest BCUT2D eigenvalue weighted by Gasteiger charge is 2.23. The molecule has 2 N–H and O–H groups in total. The topological polar surface area (TPSA) is 110 Å². The summed E-state index contributed by atoms with van der Waals surface area (Å²) in [7, 11) is 0. The first-order valence-corrected chi connectivity index (χ1v) is 6.71. The van der Waals surface area contributed by atoms with Gasteiger partial charge in [-0.25, -0.2) is 4.98 Å². The third-order valence-electron chi connectivity index (χ3n) is 3.31. The fourth-order valence-electron chi connectivity index (χ4n) is 2.29. The van der Waals surface area contributed by atoms with Crippen molar-refractivity contribution in [3.8, 4) is 34.1 Å². The summed E-state index contributed by atoms with van der Waals surface area (Å²) in [4.78, 5) is 14.5. The average molecular weight is 393 g/mol. The molecule has 0 fully saturated rings. The molecule has 2 aromatic carbocycles. The summed E-state index contributed by atoms with van der Waals surface area (Å²) in [5, 5.41) is 30.4. The van der Waals surface area contributed by atoms with Crippen LogP contribution >= 0.6 is 17.0 Å². The van der Waals surface area contributed by atoms with Crippen LogP contribution < -0.4 is 0 Å². The van der Waals surface area contributed by atoms with E-state index in [4.69, 9.17) is 4.42 Å². The third-order valence-corrected chi connectivity index (χ3v) is 3.31. The van der Waals surface area contributed by atoms with Gasteiger partial charge in [0.1, 0.15) is 5.69 Å². The molecule has 0 unspecified atom stereocenters. The minimum Gasteiger partial charge on any atom is -0.504 e. The minimum absolute atomic E-state index is 0. The van der Waals surface area contributed by atoms with Crippen LogP contribution in [0.5, 0.6) is 11.5 Å². The third kappa shape index (κ3) is 3.09. The number of benzene rings is 2. The summed E-state index contributed by atoms with van der Waals surface area (Å²) >= 11 is 0. The lowest BCUT2D eigenvalue weighted by atomic mass is 10.0. The second kappa shape index (κ2) is 6.71. The Kier molecular flexibility index (Phi) is 4.89. The lowest BCUT2D eigenvalue weighted by Gasteiger charge is -2.04. The molecule has 0 bridgehead atoms. The van der Waals surface area contributed by atoms with Crippen LogP contribution in [-0.4, -0.2) is 20.1 Å². The van der Waals surface area contributed by atoms with E-state index >= 15 is 0 Å². The van der Waals surface area contributed by atoms with Crippen LogP contribution in [0, 0.1) is 17.0 Å². The van der Waals surface area contributed by atoms with Crippen molar-refractivity contribution >= 4 is 22.7 Å². The molecule has 0 aliphatic carbocycles. The SMILES string of the molecule is Br.Cc1nc(-c2cc(O)c(O)c([N+](=O)[O-])c2)c(-c2ccccc2)o1. The molecular formula is C16H13BrN2O5. The molecule has 0 aliphatic rings. The lowest BCUT2D eigenvalue weighted by molar-refractivity contribution is -0.385. The Bertz CT molecular complexity index is 893. The van der Waals surface area contributed by atoms with E-state index < -0.39 is 22.1 Å². The zero-order valence-corrected chi connectivity index (χ0v) is 14.2. The number of phenols is 2. The van der Waals surface area contributed by atoms with Crippen molar-refractivity contribution in [3.63, 3.8) is 0 Å². The maximum absolute atomic E-state index is 11.0. The highest BCUT2D eigenvalue weighted by molar-refractivity contribution is 8.93. The largest absolute Gasteiger partial charge is 0.504 e. The van der Waals surface area contributed by atoms with Crippen molar-refractivity contribution in [2.75, 3.05) is 0 Å². The molecule has 1 aromatic heterocycles. The zero-order chi connectivity index (χ0) is 16.6. The van der Waals surface area contributed by atoms with E-state index in [0.29, 0.717) is 17.3 Å². The van der Waals surface area contributed by atoms with Gasteiger partial charge in [-0.1, -0.05) is 30.3 Å². The summed E-state index contributed by atoms with van der Waals surface area (Å²) in [6.07, 6.45) is 0. The normalized spacial score (nSPS) is 10.2. The molecule has 8 heteroatoms. The van der Waals surface area contributed by atoms with Gasteiger partial charge in [0.05, 0.1) is 4.92 Å². The first-order chi connectivity index (χ1) is 11.0. The van der Waals surface area contributed by atoms with Crippen molar-refractivity contribution in [3.05, 3.63) is 58.5 Å². The van der Waals surface area contributed by atoms with Crippen molar-refractivity contribution in [1.82, 2.24) is 4.98 Å². The number of rotatable bonds is 3. The van der Waals surface area contributed by atoms with Crippen LogP contribution in [0.25, 0.3) is 22.6 Å². The quantitative estimate of drug-likeness (QED) is 0.392. The second-order valence-electron chi connectivity index (χ2n) is 4.90. The van der Waals surface area contributed by atoms with E-state index in [1.807, 2.05) is 30.3 Å². The average Bonchev–Trinajstić information content (AvgIpc) is 2.92. The Labute approximate surface area is 147 Å². The first kappa shape index (κ1) is 17.5. The number of aryl methyl sites for hydroxylation is 1. The molecule has 0 aliphatic heterocycles. The Balaban J connectivity index is 0.00000208. The van der Waals surface area contributed by atoms with Crippen LogP contribution in [0.15, 0.2) is 46.9 Å². The summed E-state index contributed by atoms with van der Waals surface area (Å²) in [5.74, 6) is -0.550. The van der Waals surface area contributed by atoms with E-state index in [1.165, 1.54) is 6.07 Å². The molecule has 0 saturated carbocycles. The van der Waals surface area contributed by atoms with Crippen molar-refractivity contribution < 1.29 is 19.6 Å². The number of aromatic hydroxyl groups is 2. The van der Waals surface area contributed by atoms with E-state index in [9.17, 15) is 20.3 Å². The summed E-state index contributed by atoms with van der Waals surface area (Å²) in [5.41, 5.74) is 0.785. The smallest absolute Gasteiger partial charge is 0.315 e. The van der Waals surface area contributed by atoms with E-state index in [0.717, 1.165) is 11.6 Å². The highest BCUT2D eigenvalue weighted by Crippen LogP contribution is 2.41. The molecule has 24 heavy (non-hydrogen) atoms.